The van der Waals surface area contributed by atoms with Crippen LogP contribution in [-0.2, 0) is 29.1 Å². The summed E-state index contributed by atoms with van der Waals surface area (Å²) in [6.45, 7) is 2.29. The molecule has 0 spiro atoms. The van der Waals surface area contributed by atoms with Gasteiger partial charge in [0.2, 0.25) is 0 Å². The molecule has 164 valence electrons. The summed E-state index contributed by atoms with van der Waals surface area (Å²) in [5.74, 6) is 0.822. The van der Waals surface area contributed by atoms with E-state index in [1.807, 2.05) is 21.6 Å². The molecule has 2 heterocycles. The predicted molar refractivity (Wildman–Crippen MR) is 139 cm³/mol. The van der Waals surface area contributed by atoms with Crippen molar-refractivity contribution >= 4 is 43.1 Å². The van der Waals surface area contributed by atoms with Crippen LogP contribution in [0.5, 0.6) is 0 Å². The van der Waals surface area contributed by atoms with Crippen molar-refractivity contribution in [3.8, 4) is 0 Å². The predicted octanol–water partition coefficient (Wildman–Crippen LogP) is 7.29. The van der Waals surface area contributed by atoms with Gasteiger partial charge in [-0.1, -0.05) is 94.4 Å². The van der Waals surface area contributed by atoms with E-state index in [1.54, 1.807) is 6.92 Å². The highest BCUT2D eigenvalue weighted by atomic mass is 33.1. The third-order valence-electron chi connectivity index (χ3n) is 6.24. The van der Waals surface area contributed by atoms with Gasteiger partial charge in [0.15, 0.2) is 5.79 Å². The Kier molecular flexibility index (Phi) is 6.47. The average Bonchev–Trinajstić information content (AvgIpc) is 2.79. The van der Waals surface area contributed by atoms with Gasteiger partial charge in [0.05, 0.1) is 6.61 Å². The lowest BCUT2D eigenvalue weighted by molar-refractivity contribution is -0.192. The Morgan fingerprint density at radius 3 is 2.34 bits per heavy atom. The molecule has 4 aromatic carbocycles. The lowest BCUT2D eigenvalue weighted by atomic mass is 9.99. The summed E-state index contributed by atoms with van der Waals surface area (Å²) in [6, 6.07) is 26.5. The van der Waals surface area contributed by atoms with E-state index in [9.17, 15) is 5.11 Å². The molecule has 0 fully saturated rings. The minimum absolute atomic E-state index is 0.508. The summed E-state index contributed by atoms with van der Waals surface area (Å²) < 4.78 is 5.93. The molecule has 32 heavy (non-hydrogen) atoms. The molecule has 2 aliphatic heterocycles. The van der Waals surface area contributed by atoms with E-state index in [-0.39, 0.29) is 0 Å². The first-order valence-corrected chi connectivity index (χ1v) is 13.7. The zero-order valence-electron chi connectivity index (χ0n) is 18.3. The van der Waals surface area contributed by atoms with E-state index in [0.717, 1.165) is 24.3 Å². The van der Waals surface area contributed by atoms with E-state index in [1.165, 1.54) is 43.8 Å². The van der Waals surface area contributed by atoms with Crippen LogP contribution in [0.3, 0.4) is 0 Å². The number of hydrogen-bond donors (Lipinski definition) is 1. The van der Waals surface area contributed by atoms with E-state index < -0.39 is 5.79 Å². The first-order chi connectivity index (χ1) is 15.6. The highest BCUT2D eigenvalue weighted by Crippen LogP contribution is 2.35. The second-order valence-electron chi connectivity index (χ2n) is 8.75. The smallest absolute Gasteiger partial charge is 0.162 e. The van der Waals surface area contributed by atoms with Crippen LogP contribution in [-0.4, -0.2) is 17.5 Å². The van der Waals surface area contributed by atoms with Crippen LogP contribution in [0.15, 0.2) is 72.8 Å². The summed E-state index contributed by atoms with van der Waals surface area (Å²) in [5, 5.41) is 16.0. The Morgan fingerprint density at radius 2 is 1.47 bits per heavy atom. The molecule has 6 rings (SSSR count). The zero-order valence-corrected chi connectivity index (χ0v) is 20.0. The van der Waals surface area contributed by atoms with Gasteiger partial charge in [-0.05, 0) is 63.6 Å². The van der Waals surface area contributed by atoms with E-state index in [4.69, 9.17) is 4.74 Å². The lowest BCUT2D eigenvalue weighted by Crippen LogP contribution is -2.29. The van der Waals surface area contributed by atoms with Crippen molar-refractivity contribution in [2.45, 2.75) is 43.5 Å². The average molecular weight is 461 g/mol. The van der Waals surface area contributed by atoms with Crippen molar-refractivity contribution in [2.75, 3.05) is 6.61 Å². The summed E-state index contributed by atoms with van der Waals surface area (Å²) in [4.78, 5) is 0. The molecule has 0 radical (unpaired) electrons. The van der Waals surface area contributed by atoms with Crippen LogP contribution in [0.4, 0.5) is 0 Å². The number of ether oxygens (including phenoxy) is 1. The second kappa shape index (κ2) is 9.48. The highest BCUT2D eigenvalue weighted by Gasteiger charge is 2.21. The van der Waals surface area contributed by atoms with Crippen LogP contribution >= 0.6 is 21.6 Å². The molecule has 2 aliphatic rings. The molecule has 0 aliphatic carbocycles. The number of aliphatic hydroxyl groups is 1. The maximum absolute atomic E-state index is 10.8. The molecule has 1 atom stereocenters. The fourth-order valence-corrected chi connectivity index (χ4v) is 6.62. The molecule has 0 aromatic heterocycles. The molecule has 0 saturated heterocycles. The van der Waals surface area contributed by atoms with E-state index >= 15 is 0 Å². The van der Waals surface area contributed by atoms with E-state index in [2.05, 4.69) is 72.8 Å². The molecule has 2 nitrogen and oxygen atoms in total. The molecule has 4 aromatic rings. The topological polar surface area (TPSA) is 29.5 Å². The van der Waals surface area contributed by atoms with Gasteiger partial charge in [-0.3, -0.25) is 0 Å². The standard InChI is InChI=1S/C28H28O2S2/c1-28(29)13-11-20-9-10-27-23(15-20)6-4-7-24(27)18-31-32-19-25-17-21(12-14-30-28)16-22-5-2-3-8-26(22)25/h2-10,15-17,29H,11-14,18-19H2,1H3. The summed E-state index contributed by atoms with van der Waals surface area (Å²) in [6.07, 6.45) is 2.16. The van der Waals surface area contributed by atoms with Crippen molar-refractivity contribution in [1.82, 2.24) is 0 Å². The van der Waals surface area contributed by atoms with Crippen LogP contribution in [0.1, 0.15) is 35.6 Å². The van der Waals surface area contributed by atoms with Crippen LogP contribution in [0.2, 0.25) is 0 Å². The van der Waals surface area contributed by atoms with Crippen molar-refractivity contribution in [3.05, 3.63) is 95.1 Å². The summed E-state index contributed by atoms with van der Waals surface area (Å²) in [7, 11) is 3.85. The molecule has 1 unspecified atom stereocenters. The number of fused-ring (bicyclic) bond motifs is 10. The minimum Gasteiger partial charge on any atom is -0.366 e. The molecular formula is C28H28O2S2. The monoisotopic (exact) mass is 460 g/mol. The highest BCUT2D eigenvalue weighted by molar-refractivity contribution is 8.76. The summed E-state index contributed by atoms with van der Waals surface area (Å²) in [5.41, 5.74) is 5.24. The second-order valence-corrected chi connectivity index (χ2v) is 11.2. The number of rotatable bonds is 0. The fraction of sp³-hybridized carbons (Fsp3) is 0.286. The Hall–Kier alpha value is -1.98. The molecular weight excluding hydrogens is 432 g/mol. The summed E-state index contributed by atoms with van der Waals surface area (Å²) >= 11 is 0. The lowest BCUT2D eigenvalue weighted by Gasteiger charge is -2.24. The van der Waals surface area contributed by atoms with Gasteiger partial charge in [0, 0.05) is 17.9 Å². The van der Waals surface area contributed by atoms with Gasteiger partial charge in [-0.25, -0.2) is 0 Å². The number of benzene rings is 4. The van der Waals surface area contributed by atoms with Gasteiger partial charge < -0.3 is 9.84 Å². The Morgan fingerprint density at radius 1 is 0.750 bits per heavy atom. The van der Waals surface area contributed by atoms with Gasteiger partial charge in [-0.15, -0.1) is 0 Å². The van der Waals surface area contributed by atoms with Gasteiger partial charge in [0.1, 0.15) is 0 Å². The fourth-order valence-electron chi connectivity index (χ4n) is 4.45. The van der Waals surface area contributed by atoms with Gasteiger partial charge in [-0.2, -0.15) is 0 Å². The molecule has 1 N–H and O–H groups in total. The Balaban J connectivity index is 1.48. The first-order valence-electron chi connectivity index (χ1n) is 11.2. The normalized spacial score (nSPS) is 20.4. The molecule has 6 bridgehead atoms. The van der Waals surface area contributed by atoms with Gasteiger partial charge >= 0.3 is 0 Å². The Labute approximate surface area is 197 Å². The van der Waals surface area contributed by atoms with Crippen molar-refractivity contribution in [2.24, 2.45) is 0 Å². The van der Waals surface area contributed by atoms with Crippen molar-refractivity contribution in [1.29, 1.82) is 0 Å². The van der Waals surface area contributed by atoms with Gasteiger partial charge in [0.25, 0.3) is 0 Å². The van der Waals surface area contributed by atoms with E-state index in [0.29, 0.717) is 13.0 Å². The first kappa shape index (κ1) is 21.8. The zero-order chi connectivity index (χ0) is 22.0. The van der Waals surface area contributed by atoms with Crippen LogP contribution in [0.25, 0.3) is 21.5 Å². The minimum atomic E-state index is -1.13. The van der Waals surface area contributed by atoms with Crippen LogP contribution in [0, 0.1) is 0 Å². The quantitative estimate of drug-likeness (QED) is 0.279. The molecule has 0 amide bonds. The Bertz CT molecular complexity index is 1250. The van der Waals surface area contributed by atoms with Crippen molar-refractivity contribution < 1.29 is 9.84 Å². The van der Waals surface area contributed by atoms with Crippen LogP contribution < -0.4 is 0 Å². The molecule has 0 saturated carbocycles. The SMILES string of the molecule is CC1(O)CCc2ccc3c(cccc3c2)CSSCc2cc(cc3ccccc23)CCO1. The third kappa shape index (κ3) is 4.99. The third-order valence-corrected chi connectivity index (χ3v) is 8.47. The number of aryl methyl sites for hydroxylation is 1. The maximum Gasteiger partial charge on any atom is 0.162 e. The molecule has 4 heteroatoms. The number of hydrogen-bond acceptors (Lipinski definition) is 4. The largest absolute Gasteiger partial charge is 0.366 e. The maximum atomic E-state index is 10.8. The van der Waals surface area contributed by atoms with Crippen molar-refractivity contribution in [3.63, 3.8) is 0 Å².